The number of aromatic nitrogens is 1. The minimum atomic E-state index is -4.64. The fraction of sp³-hybridized carbons (Fsp3) is 0. The molecule has 1 aromatic rings. The van der Waals surface area contributed by atoms with Crippen molar-refractivity contribution in [2.75, 3.05) is 0 Å². The van der Waals surface area contributed by atoms with Crippen LogP contribution in [0.15, 0.2) is 24.4 Å². The van der Waals surface area contributed by atoms with E-state index in [9.17, 15) is 0 Å². The van der Waals surface area contributed by atoms with Crippen molar-refractivity contribution in [1.29, 1.82) is 5.26 Å². The Kier molecular flexibility index (Phi) is 9.03. The van der Waals surface area contributed by atoms with Crippen molar-refractivity contribution in [3.8, 4) is 6.07 Å². The Morgan fingerprint density at radius 2 is 1.86 bits per heavy atom. The van der Waals surface area contributed by atoms with Crippen LogP contribution in [0.2, 0.25) is 0 Å². The summed E-state index contributed by atoms with van der Waals surface area (Å²) in [7, 11) is -4.64. The molecule has 8 heteroatoms. The molecule has 76 valence electrons. The molecule has 0 fully saturated rings. The summed E-state index contributed by atoms with van der Waals surface area (Å²) in [5, 5.41) is 8.23. The number of rotatable bonds is 0. The molecule has 0 aromatic carbocycles. The summed E-state index contributed by atoms with van der Waals surface area (Å²) >= 11 is 0. The number of pyridine rings is 1. The van der Waals surface area contributed by atoms with Crippen LogP contribution in [0.3, 0.4) is 0 Å². The second kappa shape index (κ2) is 7.91. The molecule has 0 bridgehead atoms. The molecule has 3 N–H and O–H groups in total. The average molecular weight is 323 g/mol. The molecule has 2 radical (unpaired) electrons. The Morgan fingerprint density at radius 1 is 1.36 bits per heavy atom. The van der Waals surface area contributed by atoms with E-state index >= 15 is 0 Å². The van der Waals surface area contributed by atoms with E-state index in [1.165, 1.54) is 0 Å². The van der Waals surface area contributed by atoms with Crippen molar-refractivity contribution in [1.82, 2.24) is 4.98 Å². The normalized spacial score (nSPS) is 8.71. The molecule has 14 heavy (non-hydrogen) atoms. The van der Waals surface area contributed by atoms with Crippen LogP contribution < -0.4 is 0 Å². The van der Waals surface area contributed by atoms with Crippen molar-refractivity contribution in [3.63, 3.8) is 0 Å². The van der Waals surface area contributed by atoms with Gasteiger partial charge in [0.25, 0.3) is 0 Å². The first kappa shape index (κ1) is 16.0. The molecular weight excluding hydrogens is 314 g/mol. The van der Waals surface area contributed by atoms with Gasteiger partial charge in [-0.1, -0.05) is 6.07 Å². The van der Waals surface area contributed by atoms with E-state index in [0.29, 0.717) is 5.69 Å². The zero-order valence-electron chi connectivity index (χ0n) is 7.11. The molecule has 0 spiro atoms. The molecule has 0 aliphatic carbocycles. The molecule has 0 saturated carbocycles. The van der Waals surface area contributed by atoms with E-state index in [2.05, 4.69) is 4.98 Å². The topological polar surface area (TPSA) is 114 Å². The Hall–Kier alpha value is -0.451. The molecule has 0 aliphatic heterocycles. The Bertz CT molecular complexity index is 325. The van der Waals surface area contributed by atoms with E-state index in [-0.39, 0.29) is 23.9 Å². The second-order valence-corrected chi connectivity index (χ2v) is 2.87. The van der Waals surface area contributed by atoms with Gasteiger partial charge in [0, 0.05) is 6.20 Å². The molecule has 1 rings (SSSR count). The molecule has 0 aliphatic rings. The van der Waals surface area contributed by atoms with Gasteiger partial charge in [-0.25, -0.2) is 9.55 Å². The quantitative estimate of drug-likeness (QED) is 0.421. The molecule has 0 atom stereocenters. The Morgan fingerprint density at radius 3 is 2.07 bits per heavy atom. The predicted octanol–water partition coefficient (Wildman–Crippen LogP) is -0.892. The zero-order valence-corrected chi connectivity index (χ0v) is 12.0. The van der Waals surface area contributed by atoms with Gasteiger partial charge in [0.2, 0.25) is 0 Å². The summed E-state index contributed by atoms with van der Waals surface area (Å²) in [5.74, 6) is 0. The predicted molar refractivity (Wildman–Crippen MR) is 51.8 cm³/mol. The summed E-state index contributed by atoms with van der Waals surface area (Å²) in [6.07, 6.45) is 1.60. The number of nitriles is 1. The summed E-state index contributed by atoms with van der Waals surface area (Å²) in [4.78, 5) is 25.3. The minimum absolute atomic E-state index is 0. The first-order chi connectivity index (χ1) is 5.93. The van der Waals surface area contributed by atoms with Gasteiger partial charge in [0.05, 0.1) is 0 Å². The number of phosphoric acid groups is 1. The first-order valence-corrected chi connectivity index (χ1v) is 4.59. The van der Waals surface area contributed by atoms with Crippen LogP contribution in [0.25, 0.3) is 0 Å². The van der Waals surface area contributed by atoms with Crippen LogP contribution >= 0.6 is 7.82 Å². The number of nitrogens with zero attached hydrogens (tertiary/aromatic N) is 2. The van der Waals surface area contributed by atoms with E-state index in [4.69, 9.17) is 24.5 Å². The number of hydrogen-bond acceptors (Lipinski definition) is 3. The SMILES string of the molecule is N#Cc1ccccn1.O=P(O)(O)O.[SnH2]. The van der Waals surface area contributed by atoms with Crippen LogP contribution in [-0.2, 0) is 4.57 Å². The van der Waals surface area contributed by atoms with E-state index < -0.39 is 7.82 Å². The molecule has 0 amide bonds. The summed E-state index contributed by atoms with van der Waals surface area (Å²) in [6, 6.07) is 7.14. The van der Waals surface area contributed by atoms with Gasteiger partial charge in [-0.05, 0) is 12.1 Å². The third-order valence-corrected chi connectivity index (χ3v) is 0.779. The Balaban J connectivity index is 0. The van der Waals surface area contributed by atoms with Gasteiger partial charge in [-0.3, -0.25) is 0 Å². The summed E-state index contributed by atoms with van der Waals surface area (Å²) in [6.45, 7) is 0. The first-order valence-electron chi connectivity index (χ1n) is 3.03. The maximum atomic E-state index is 8.88. The monoisotopic (exact) mass is 324 g/mol. The molecule has 0 unspecified atom stereocenters. The van der Waals surface area contributed by atoms with Crippen LogP contribution in [0, 0.1) is 11.3 Å². The van der Waals surface area contributed by atoms with E-state index in [1.54, 1.807) is 24.4 Å². The molecule has 1 aromatic heterocycles. The van der Waals surface area contributed by atoms with E-state index in [1.807, 2.05) is 6.07 Å². The zero-order chi connectivity index (χ0) is 10.3. The van der Waals surface area contributed by atoms with E-state index in [0.717, 1.165) is 0 Å². The summed E-state index contributed by atoms with van der Waals surface area (Å²) < 4.78 is 8.88. The van der Waals surface area contributed by atoms with Gasteiger partial charge in [-0.2, -0.15) is 5.26 Å². The fourth-order valence-electron chi connectivity index (χ4n) is 0.429. The van der Waals surface area contributed by atoms with Gasteiger partial charge in [0.1, 0.15) is 11.8 Å². The van der Waals surface area contributed by atoms with Gasteiger partial charge in [0.15, 0.2) is 0 Å². The summed E-state index contributed by atoms with van der Waals surface area (Å²) in [5.41, 5.74) is 0.465. The molecular formula is C6H9N2O4PSn. The molecule has 1 heterocycles. The molecule has 0 saturated heterocycles. The molecule has 6 nitrogen and oxygen atoms in total. The van der Waals surface area contributed by atoms with Gasteiger partial charge >= 0.3 is 31.7 Å². The van der Waals surface area contributed by atoms with Crippen molar-refractivity contribution >= 4 is 31.7 Å². The Labute approximate surface area is 97.4 Å². The van der Waals surface area contributed by atoms with Crippen molar-refractivity contribution in [2.24, 2.45) is 0 Å². The standard InChI is InChI=1S/C6H4N2.H3O4P.Sn.2H/c7-5-6-3-1-2-4-8-6;1-5(2,3)4;;;/h1-4H;(H3,1,2,3,4);;;. The fourth-order valence-corrected chi connectivity index (χ4v) is 0.429. The van der Waals surface area contributed by atoms with Crippen molar-refractivity contribution in [2.45, 2.75) is 0 Å². The van der Waals surface area contributed by atoms with Gasteiger partial charge in [-0.15, -0.1) is 0 Å². The maximum absolute atomic E-state index is 8.88. The van der Waals surface area contributed by atoms with Crippen LogP contribution in [0.4, 0.5) is 0 Å². The van der Waals surface area contributed by atoms with Crippen LogP contribution in [0.5, 0.6) is 0 Å². The van der Waals surface area contributed by atoms with Gasteiger partial charge < -0.3 is 14.7 Å². The van der Waals surface area contributed by atoms with Crippen LogP contribution in [0.1, 0.15) is 5.69 Å². The number of hydrogen-bond donors (Lipinski definition) is 3. The van der Waals surface area contributed by atoms with Crippen LogP contribution in [-0.4, -0.2) is 43.6 Å². The van der Waals surface area contributed by atoms with Crippen molar-refractivity contribution < 1.29 is 19.2 Å². The third kappa shape index (κ3) is 14.1. The third-order valence-electron chi connectivity index (χ3n) is 0.779. The second-order valence-electron chi connectivity index (χ2n) is 1.84. The average Bonchev–Trinajstić information content (AvgIpc) is 2.03. The van der Waals surface area contributed by atoms with Crippen molar-refractivity contribution in [3.05, 3.63) is 30.1 Å².